The number of likely N-dealkylation sites (tertiary alicyclic amines) is 1. The fourth-order valence-electron chi connectivity index (χ4n) is 4.70. The van der Waals surface area contributed by atoms with Gasteiger partial charge in [-0.25, -0.2) is 0 Å². The summed E-state index contributed by atoms with van der Waals surface area (Å²) in [7, 11) is 0. The van der Waals surface area contributed by atoms with Crippen LogP contribution in [0.4, 0.5) is 11.5 Å². The van der Waals surface area contributed by atoms with Crippen LogP contribution in [0.25, 0.3) is 0 Å². The number of hydrogen-bond donors (Lipinski definition) is 1. The minimum absolute atomic E-state index is 0.0505. The lowest BCUT2D eigenvalue weighted by Gasteiger charge is -2.32. The van der Waals surface area contributed by atoms with Crippen molar-refractivity contribution in [1.29, 1.82) is 0 Å². The quantitative estimate of drug-likeness (QED) is 0.621. The Morgan fingerprint density at radius 3 is 2.48 bits per heavy atom. The standard InChI is InChI=1S/C25H27N5O2S/c31-24(20-11-15-30(17-20)23-4-1-12-26-28-23)27-21-7-5-18(6-8-21)19-9-13-29(14-10-19)25(32)22-3-2-16-33-22/h1-8,12,16,19-20H,9-11,13-15,17H2,(H,27,31). The number of hydrogen-bond acceptors (Lipinski definition) is 6. The first-order valence-electron chi connectivity index (χ1n) is 11.4. The first kappa shape index (κ1) is 21.6. The van der Waals surface area contributed by atoms with E-state index < -0.39 is 0 Å². The zero-order valence-corrected chi connectivity index (χ0v) is 19.2. The van der Waals surface area contributed by atoms with Crippen molar-refractivity contribution in [2.24, 2.45) is 5.92 Å². The third-order valence-electron chi connectivity index (χ3n) is 6.61. The lowest BCUT2D eigenvalue weighted by atomic mass is 9.89. The monoisotopic (exact) mass is 461 g/mol. The molecule has 2 aliphatic heterocycles. The van der Waals surface area contributed by atoms with Crippen LogP contribution in [0.5, 0.6) is 0 Å². The predicted octanol–water partition coefficient (Wildman–Crippen LogP) is 4.02. The van der Waals surface area contributed by atoms with Crippen LogP contribution in [-0.4, -0.2) is 53.1 Å². The Bertz CT molecular complexity index is 1080. The van der Waals surface area contributed by atoms with Gasteiger partial charge in [-0.1, -0.05) is 18.2 Å². The van der Waals surface area contributed by atoms with Crippen molar-refractivity contribution in [1.82, 2.24) is 15.1 Å². The Balaban J connectivity index is 1.12. The van der Waals surface area contributed by atoms with Crippen molar-refractivity contribution in [3.05, 3.63) is 70.5 Å². The van der Waals surface area contributed by atoms with Crippen molar-refractivity contribution >= 4 is 34.7 Å². The molecule has 0 aliphatic carbocycles. The number of thiophene rings is 1. The van der Waals surface area contributed by atoms with E-state index in [0.717, 1.165) is 55.3 Å². The third kappa shape index (κ3) is 4.90. The minimum atomic E-state index is -0.0584. The van der Waals surface area contributed by atoms with Crippen LogP contribution >= 0.6 is 11.3 Å². The molecule has 2 aromatic heterocycles. The lowest BCUT2D eigenvalue weighted by molar-refractivity contribution is -0.119. The summed E-state index contributed by atoms with van der Waals surface area (Å²) in [4.78, 5) is 30.2. The van der Waals surface area contributed by atoms with Gasteiger partial charge in [0.1, 0.15) is 0 Å². The summed E-state index contributed by atoms with van der Waals surface area (Å²) in [5.41, 5.74) is 2.10. The molecular formula is C25H27N5O2S. The number of amides is 2. The van der Waals surface area contributed by atoms with Crippen LogP contribution in [-0.2, 0) is 4.79 Å². The summed E-state index contributed by atoms with van der Waals surface area (Å²) < 4.78 is 0. The molecule has 5 rings (SSSR count). The summed E-state index contributed by atoms with van der Waals surface area (Å²) in [5, 5.41) is 13.1. The highest BCUT2D eigenvalue weighted by atomic mass is 32.1. The van der Waals surface area contributed by atoms with Crippen LogP contribution in [0, 0.1) is 5.92 Å². The average molecular weight is 462 g/mol. The number of benzene rings is 1. The fourth-order valence-corrected chi connectivity index (χ4v) is 5.39. The van der Waals surface area contributed by atoms with E-state index in [1.54, 1.807) is 6.20 Å². The molecule has 2 fully saturated rings. The van der Waals surface area contributed by atoms with Gasteiger partial charge < -0.3 is 15.1 Å². The first-order chi connectivity index (χ1) is 16.2. The molecule has 1 unspecified atom stereocenters. The van der Waals surface area contributed by atoms with E-state index in [9.17, 15) is 9.59 Å². The summed E-state index contributed by atoms with van der Waals surface area (Å²) in [6, 6.07) is 15.8. The normalized spacial score (nSPS) is 19.0. The molecule has 0 radical (unpaired) electrons. The third-order valence-corrected chi connectivity index (χ3v) is 7.46. The topological polar surface area (TPSA) is 78.4 Å². The number of aromatic nitrogens is 2. The van der Waals surface area contributed by atoms with Crippen molar-refractivity contribution in [2.75, 3.05) is 36.4 Å². The zero-order valence-electron chi connectivity index (χ0n) is 18.4. The molecule has 2 saturated heterocycles. The number of nitrogens with one attached hydrogen (secondary N) is 1. The number of anilines is 2. The summed E-state index contributed by atoms with van der Waals surface area (Å²) in [5.74, 6) is 1.40. The summed E-state index contributed by atoms with van der Waals surface area (Å²) in [6.45, 7) is 3.03. The largest absolute Gasteiger partial charge is 0.354 e. The molecule has 170 valence electrons. The molecule has 8 heteroatoms. The van der Waals surface area contributed by atoms with E-state index in [2.05, 4.69) is 32.5 Å². The van der Waals surface area contributed by atoms with E-state index in [1.807, 2.05) is 46.7 Å². The highest BCUT2D eigenvalue weighted by Crippen LogP contribution is 2.30. The number of nitrogens with zero attached hydrogens (tertiary/aromatic N) is 4. The minimum Gasteiger partial charge on any atom is -0.354 e. The Morgan fingerprint density at radius 2 is 1.79 bits per heavy atom. The van der Waals surface area contributed by atoms with E-state index >= 15 is 0 Å². The molecule has 0 bridgehead atoms. The molecule has 33 heavy (non-hydrogen) atoms. The molecule has 4 heterocycles. The molecular weight excluding hydrogens is 434 g/mol. The number of piperidine rings is 1. The molecule has 7 nitrogen and oxygen atoms in total. The van der Waals surface area contributed by atoms with Gasteiger partial charge in [-0.3, -0.25) is 9.59 Å². The molecule has 0 saturated carbocycles. The van der Waals surface area contributed by atoms with E-state index in [4.69, 9.17) is 0 Å². The number of carbonyl (C=O) groups is 2. The molecule has 1 atom stereocenters. The van der Waals surface area contributed by atoms with Crippen molar-refractivity contribution < 1.29 is 9.59 Å². The van der Waals surface area contributed by atoms with Gasteiger partial charge in [0.15, 0.2) is 5.82 Å². The summed E-state index contributed by atoms with van der Waals surface area (Å²) in [6.07, 6.45) is 4.39. The van der Waals surface area contributed by atoms with Crippen LogP contribution in [0.2, 0.25) is 0 Å². The predicted molar refractivity (Wildman–Crippen MR) is 130 cm³/mol. The maximum atomic E-state index is 12.8. The second-order valence-corrected chi connectivity index (χ2v) is 9.62. The van der Waals surface area contributed by atoms with Gasteiger partial charge in [0.25, 0.3) is 5.91 Å². The van der Waals surface area contributed by atoms with Crippen molar-refractivity contribution in [3.8, 4) is 0 Å². The second kappa shape index (κ2) is 9.70. The Labute approximate surface area is 197 Å². The van der Waals surface area contributed by atoms with Crippen molar-refractivity contribution in [2.45, 2.75) is 25.2 Å². The van der Waals surface area contributed by atoms with Crippen LogP contribution in [0.15, 0.2) is 60.1 Å². The van der Waals surface area contributed by atoms with Crippen LogP contribution in [0.3, 0.4) is 0 Å². The number of carbonyl (C=O) groups excluding carboxylic acids is 2. The highest BCUT2D eigenvalue weighted by Gasteiger charge is 2.29. The molecule has 0 spiro atoms. The maximum absolute atomic E-state index is 12.8. The molecule has 2 amide bonds. The molecule has 1 N–H and O–H groups in total. The average Bonchev–Trinajstić information content (AvgIpc) is 3.58. The molecule has 2 aliphatic rings. The fraction of sp³-hybridized carbons (Fsp3) is 0.360. The van der Waals surface area contributed by atoms with Gasteiger partial charge >= 0.3 is 0 Å². The van der Waals surface area contributed by atoms with Gasteiger partial charge in [0, 0.05) is 38.1 Å². The highest BCUT2D eigenvalue weighted by molar-refractivity contribution is 7.12. The van der Waals surface area contributed by atoms with E-state index in [0.29, 0.717) is 12.5 Å². The van der Waals surface area contributed by atoms with Gasteiger partial charge in [0.2, 0.25) is 5.91 Å². The van der Waals surface area contributed by atoms with Gasteiger partial charge in [-0.2, -0.15) is 5.10 Å². The van der Waals surface area contributed by atoms with Gasteiger partial charge in [-0.15, -0.1) is 16.4 Å². The van der Waals surface area contributed by atoms with Crippen LogP contribution in [0.1, 0.15) is 40.4 Å². The first-order valence-corrected chi connectivity index (χ1v) is 12.3. The second-order valence-electron chi connectivity index (χ2n) is 8.67. The van der Waals surface area contributed by atoms with Crippen LogP contribution < -0.4 is 10.2 Å². The maximum Gasteiger partial charge on any atom is 0.263 e. The SMILES string of the molecule is O=C(Nc1ccc(C2CCN(C(=O)c3cccs3)CC2)cc1)C1CCN(c2cccnn2)C1. The van der Waals surface area contributed by atoms with E-state index in [1.165, 1.54) is 16.9 Å². The number of rotatable bonds is 5. The lowest BCUT2D eigenvalue weighted by Crippen LogP contribution is -2.37. The summed E-state index contributed by atoms with van der Waals surface area (Å²) >= 11 is 1.50. The van der Waals surface area contributed by atoms with E-state index in [-0.39, 0.29) is 17.7 Å². The zero-order chi connectivity index (χ0) is 22.6. The Kier molecular flexibility index (Phi) is 6.35. The Morgan fingerprint density at radius 1 is 0.970 bits per heavy atom. The Hall–Kier alpha value is -3.26. The molecule has 1 aromatic carbocycles. The van der Waals surface area contributed by atoms with Gasteiger partial charge in [-0.05, 0) is 66.5 Å². The smallest absolute Gasteiger partial charge is 0.263 e. The van der Waals surface area contributed by atoms with Gasteiger partial charge in [0.05, 0.1) is 10.8 Å². The molecule has 3 aromatic rings. The van der Waals surface area contributed by atoms with Crippen molar-refractivity contribution in [3.63, 3.8) is 0 Å².